The van der Waals surface area contributed by atoms with Crippen molar-refractivity contribution in [2.75, 3.05) is 0 Å². The minimum atomic E-state index is 0.925. The number of furan rings is 1. The fraction of sp³-hybridized carbons (Fsp3) is 0. The molecule has 0 unspecified atom stereocenters. The highest BCUT2D eigenvalue weighted by molar-refractivity contribution is 6.12. The van der Waals surface area contributed by atoms with Crippen molar-refractivity contribution in [3.05, 3.63) is 158 Å². The van der Waals surface area contributed by atoms with E-state index in [0.29, 0.717) is 0 Å². The zero-order chi connectivity index (χ0) is 28.3. The largest absolute Gasteiger partial charge is 0.455 e. The summed E-state index contributed by atoms with van der Waals surface area (Å²) in [6.07, 6.45) is 0. The molecule has 0 aliphatic heterocycles. The van der Waals surface area contributed by atoms with Gasteiger partial charge in [-0.15, -0.1) is 0 Å². The third-order valence-electron chi connectivity index (χ3n) is 8.83. The predicted molar refractivity (Wildman–Crippen MR) is 183 cm³/mol. The lowest BCUT2D eigenvalue weighted by atomic mass is 9.90. The Bertz CT molecular complexity index is 2500. The third kappa shape index (κ3) is 3.86. The van der Waals surface area contributed by atoms with Crippen LogP contribution in [0.5, 0.6) is 0 Å². The average molecular weight is 547 g/mol. The summed E-state index contributed by atoms with van der Waals surface area (Å²) in [6.45, 7) is 0. The molecule has 0 bridgehead atoms. The van der Waals surface area contributed by atoms with Crippen LogP contribution >= 0.6 is 0 Å². The standard InChI is InChI=1S/C42H26O/c1-2-9-27(10-3-1)39-25-28-11-4-5-12-29(28)26-40(39)33-20-22-35-31(24-33)18-17-30-23-32(19-21-34(30)35)36-14-8-15-38-37-13-6-7-16-41(37)43-42(36)38/h1-26H. The summed E-state index contributed by atoms with van der Waals surface area (Å²) < 4.78 is 6.34. The van der Waals surface area contributed by atoms with Crippen LogP contribution in [0.1, 0.15) is 0 Å². The first-order chi connectivity index (χ1) is 21.3. The van der Waals surface area contributed by atoms with Gasteiger partial charge in [0.15, 0.2) is 0 Å². The van der Waals surface area contributed by atoms with Crippen molar-refractivity contribution in [2.45, 2.75) is 0 Å². The monoisotopic (exact) mass is 546 g/mol. The minimum Gasteiger partial charge on any atom is -0.455 e. The second-order valence-corrected chi connectivity index (χ2v) is 11.3. The van der Waals surface area contributed by atoms with Crippen LogP contribution in [0.4, 0.5) is 0 Å². The highest BCUT2D eigenvalue weighted by Crippen LogP contribution is 2.40. The topological polar surface area (TPSA) is 13.1 Å². The maximum absolute atomic E-state index is 6.34. The van der Waals surface area contributed by atoms with Gasteiger partial charge >= 0.3 is 0 Å². The zero-order valence-electron chi connectivity index (χ0n) is 23.4. The molecule has 1 aromatic heterocycles. The van der Waals surface area contributed by atoms with Crippen LogP contribution in [0.15, 0.2) is 162 Å². The van der Waals surface area contributed by atoms with E-state index < -0.39 is 0 Å². The van der Waals surface area contributed by atoms with E-state index in [0.717, 1.165) is 33.1 Å². The summed E-state index contributed by atoms with van der Waals surface area (Å²) >= 11 is 0. The van der Waals surface area contributed by atoms with E-state index >= 15 is 0 Å². The highest BCUT2D eigenvalue weighted by atomic mass is 16.3. The first-order valence-corrected chi connectivity index (χ1v) is 14.8. The predicted octanol–water partition coefficient (Wildman–Crippen LogP) is 12.0. The van der Waals surface area contributed by atoms with Crippen molar-refractivity contribution in [1.29, 1.82) is 0 Å². The van der Waals surface area contributed by atoms with Crippen LogP contribution in [0, 0.1) is 0 Å². The molecule has 0 radical (unpaired) electrons. The van der Waals surface area contributed by atoms with Gasteiger partial charge in [-0.2, -0.15) is 0 Å². The summed E-state index contributed by atoms with van der Waals surface area (Å²) in [5, 5.41) is 9.80. The molecule has 0 amide bonds. The molecule has 1 heteroatoms. The summed E-state index contributed by atoms with van der Waals surface area (Å²) in [4.78, 5) is 0. The van der Waals surface area contributed by atoms with Gasteiger partial charge in [-0.1, -0.05) is 127 Å². The second kappa shape index (κ2) is 9.44. The van der Waals surface area contributed by atoms with Gasteiger partial charge in [-0.25, -0.2) is 0 Å². The van der Waals surface area contributed by atoms with E-state index in [9.17, 15) is 0 Å². The number of fused-ring (bicyclic) bond motifs is 7. The molecule has 0 saturated carbocycles. The van der Waals surface area contributed by atoms with E-state index in [4.69, 9.17) is 4.42 Å². The summed E-state index contributed by atoms with van der Waals surface area (Å²) in [5.41, 5.74) is 9.11. The summed E-state index contributed by atoms with van der Waals surface area (Å²) in [6, 6.07) is 56.9. The molecule has 9 aromatic rings. The average Bonchev–Trinajstić information content (AvgIpc) is 3.46. The lowest BCUT2D eigenvalue weighted by molar-refractivity contribution is 0.670. The fourth-order valence-electron chi connectivity index (χ4n) is 6.72. The highest BCUT2D eigenvalue weighted by Gasteiger charge is 2.14. The number of hydrogen-bond donors (Lipinski definition) is 0. The lowest BCUT2D eigenvalue weighted by Crippen LogP contribution is -1.88. The normalized spacial score (nSPS) is 11.7. The van der Waals surface area contributed by atoms with Gasteiger partial charge in [0.05, 0.1) is 0 Å². The second-order valence-electron chi connectivity index (χ2n) is 11.3. The van der Waals surface area contributed by atoms with Gasteiger partial charge in [0.25, 0.3) is 0 Å². The number of hydrogen-bond acceptors (Lipinski definition) is 1. The van der Waals surface area contributed by atoms with E-state index in [-0.39, 0.29) is 0 Å². The van der Waals surface area contributed by atoms with Crippen molar-refractivity contribution in [2.24, 2.45) is 0 Å². The molecular weight excluding hydrogens is 520 g/mol. The third-order valence-corrected chi connectivity index (χ3v) is 8.83. The van der Waals surface area contributed by atoms with E-state index in [1.807, 2.05) is 12.1 Å². The summed E-state index contributed by atoms with van der Waals surface area (Å²) in [7, 11) is 0. The van der Waals surface area contributed by atoms with E-state index in [1.54, 1.807) is 0 Å². The minimum absolute atomic E-state index is 0.925. The van der Waals surface area contributed by atoms with Crippen molar-refractivity contribution in [3.63, 3.8) is 0 Å². The van der Waals surface area contributed by atoms with E-state index in [2.05, 4.69) is 146 Å². The fourth-order valence-corrected chi connectivity index (χ4v) is 6.72. The molecule has 8 aromatic carbocycles. The van der Waals surface area contributed by atoms with Crippen LogP contribution in [-0.2, 0) is 0 Å². The van der Waals surface area contributed by atoms with Gasteiger partial charge in [0, 0.05) is 16.3 Å². The number of benzene rings is 8. The first kappa shape index (κ1) is 24.0. The molecule has 200 valence electrons. The molecular formula is C42H26O. The Hall–Kier alpha value is -5.66. The molecule has 0 aliphatic carbocycles. The Morgan fingerprint density at radius 3 is 1.60 bits per heavy atom. The van der Waals surface area contributed by atoms with Crippen molar-refractivity contribution in [1.82, 2.24) is 0 Å². The maximum Gasteiger partial charge on any atom is 0.143 e. The molecule has 1 nitrogen and oxygen atoms in total. The van der Waals surface area contributed by atoms with E-state index in [1.165, 1.54) is 54.6 Å². The van der Waals surface area contributed by atoms with Crippen molar-refractivity contribution < 1.29 is 4.42 Å². The van der Waals surface area contributed by atoms with Crippen molar-refractivity contribution >= 4 is 54.3 Å². The number of para-hydroxylation sites is 2. The molecule has 0 saturated heterocycles. The van der Waals surface area contributed by atoms with Crippen molar-refractivity contribution in [3.8, 4) is 33.4 Å². The quantitative estimate of drug-likeness (QED) is 0.201. The lowest BCUT2D eigenvalue weighted by Gasteiger charge is -2.14. The number of rotatable bonds is 3. The molecule has 0 aliphatic rings. The molecule has 0 spiro atoms. The van der Waals surface area contributed by atoms with Gasteiger partial charge in [-0.05, 0) is 90.5 Å². The van der Waals surface area contributed by atoms with Crippen LogP contribution in [-0.4, -0.2) is 0 Å². The Kier molecular flexibility index (Phi) is 5.27. The molecule has 0 fully saturated rings. The SMILES string of the molecule is c1ccc(-c2cc3ccccc3cc2-c2ccc3c(ccc4cc(-c5cccc6c5oc5ccccc56)ccc43)c2)cc1. The smallest absolute Gasteiger partial charge is 0.143 e. The Labute approximate surface area is 249 Å². The van der Waals surface area contributed by atoms with Gasteiger partial charge in [-0.3, -0.25) is 0 Å². The molecule has 0 atom stereocenters. The van der Waals surface area contributed by atoms with Crippen LogP contribution < -0.4 is 0 Å². The molecule has 9 rings (SSSR count). The molecule has 43 heavy (non-hydrogen) atoms. The summed E-state index contributed by atoms with van der Waals surface area (Å²) in [5.74, 6) is 0. The van der Waals surface area contributed by atoms with Crippen LogP contribution in [0.25, 0.3) is 87.6 Å². The van der Waals surface area contributed by atoms with Crippen LogP contribution in [0.3, 0.4) is 0 Å². The molecule has 1 heterocycles. The molecule has 0 N–H and O–H groups in total. The van der Waals surface area contributed by atoms with Gasteiger partial charge in [0.2, 0.25) is 0 Å². The van der Waals surface area contributed by atoms with Gasteiger partial charge < -0.3 is 4.42 Å². The maximum atomic E-state index is 6.34. The Morgan fingerprint density at radius 1 is 0.302 bits per heavy atom. The Morgan fingerprint density at radius 2 is 0.884 bits per heavy atom. The van der Waals surface area contributed by atoms with Crippen LogP contribution in [0.2, 0.25) is 0 Å². The zero-order valence-corrected chi connectivity index (χ0v) is 23.4. The Balaban J connectivity index is 1.19. The van der Waals surface area contributed by atoms with Gasteiger partial charge in [0.1, 0.15) is 11.2 Å². The first-order valence-electron chi connectivity index (χ1n) is 14.8.